The monoisotopic (exact) mass is 356 g/mol. The van der Waals surface area contributed by atoms with Gasteiger partial charge >= 0.3 is 6.03 Å². The summed E-state index contributed by atoms with van der Waals surface area (Å²) < 4.78 is 0. The summed E-state index contributed by atoms with van der Waals surface area (Å²) in [6.45, 7) is 2.72. The van der Waals surface area contributed by atoms with Gasteiger partial charge in [0, 0.05) is 36.4 Å². The summed E-state index contributed by atoms with van der Waals surface area (Å²) in [7, 11) is 0. The van der Waals surface area contributed by atoms with E-state index < -0.39 is 0 Å². The summed E-state index contributed by atoms with van der Waals surface area (Å²) in [6, 6.07) is 7.89. The van der Waals surface area contributed by atoms with Crippen molar-refractivity contribution in [2.45, 2.75) is 50.6 Å². The number of likely N-dealkylation sites (tertiary alicyclic amines) is 1. The Balaban J connectivity index is 1.28. The van der Waals surface area contributed by atoms with E-state index in [2.05, 4.69) is 16.0 Å². The lowest BCUT2D eigenvalue weighted by Crippen LogP contribution is -2.45. The molecule has 3 aliphatic rings. The highest BCUT2D eigenvalue weighted by Crippen LogP contribution is 2.28. The van der Waals surface area contributed by atoms with Gasteiger partial charge < -0.3 is 20.9 Å². The molecule has 3 N–H and O–H groups in total. The smallest absolute Gasteiger partial charge is 0.319 e. The van der Waals surface area contributed by atoms with Crippen LogP contribution in [0.2, 0.25) is 0 Å². The minimum atomic E-state index is -0.195. The first-order chi connectivity index (χ1) is 12.7. The number of piperidine rings is 1. The first-order valence-electron chi connectivity index (χ1n) is 9.87. The van der Waals surface area contributed by atoms with E-state index in [9.17, 15) is 9.59 Å². The number of carbonyl (C=O) groups excluding carboxylic acids is 2. The number of nitrogens with zero attached hydrogens (tertiary/aromatic N) is 1. The Morgan fingerprint density at radius 2 is 1.77 bits per heavy atom. The third kappa shape index (κ3) is 4.75. The Morgan fingerprint density at radius 1 is 1.00 bits per heavy atom. The van der Waals surface area contributed by atoms with Gasteiger partial charge in [-0.2, -0.15) is 0 Å². The topological polar surface area (TPSA) is 73.5 Å². The van der Waals surface area contributed by atoms with Crippen molar-refractivity contribution in [1.29, 1.82) is 0 Å². The number of rotatable bonds is 6. The van der Waals surface area contributed by atoms with Crippen molar-refractivity contribution in [1.82, 2.24) is 15.5 Å². The van der Waals surface area contributed by atoms with Gasteiger partial charge in [0.2, 0.25) is 0 Å². The first kappa shape index (κ1) is 17.3. The molecular weight excluding hydrogens is 328 g/mol. The van der Waals surface area contributed by atoms with Gasteiger partial charge in [0.25, 0.3) is 5.91 Å². The molecule has 6 heteroatoms. The van der Waals surface area contributed by atoms with E-state index in [1.165, 1.54) is 12.8 Å². The number of benzene rings is 1. The zero-order valence-electron chi connectivity index (χ0n) is 15.2. The van der Waals surface area contributed by atoms with Crippen LogP contribution in [0, 0.1) is 5.92 Å². The lowest BCUT2D eigenvalue weighted by atomic mass is 10.0. The van der Waals surface area contributed by atoms with Crippen LogP contribution in [-0.2, 0) is 0 Å². The molecule has 26 heavy (non-hydrogen) atoms. The summed E-state index contributed by atoms with van der Waals surface area (Å²) in [5.41, 5.74) is 1.30. The second-order valence-electron chi connectivity index (χ2n) is 7.87. The maximum Gasteiger partial charge on any atom is 0.319 e. The van der Waals surface area contributed by atoms with Crippen molar-refractivity contribution in [3.05, 3.63) is 29.8 Å². The van der Waals surface area contributed by atoms with Crippen molar-refractivity contribution in [2.75, 3.05) is 25.0 Å². The fourth-order valence-electron chi connectivity index (χ4n) is 3.43. The third-order valence-electron chi connectivity index (χ3n) is 5.45. The lowest BCUT2D eigenvalue weighted by molar-refractivity contribution is 0.0705. The Morgan fingerprint density at radius 3 is 2.46 bits per heavy atom. The fraction of sp³-hybridized carbons (Fsp3) is 0.600. The summed E-state index contributed by atoms with van der Waals surface area (Å²) in [5.74, 6) is 0.943. The quantitative estimate of drug-likeness (QED) is 0.733. The summed E-state index contributed by atoms with van der Waals surface area (Å²) in [4.78, 5) is 26.6. The van der Waals surface area contributed by atoms with Gasteiger partial charge in [-0.1, -0.05) is 6.07 Å². The van der Waals surface area contributed by atoms with Crippen LogP contribution in [-0.4, -0.2) is 48.6 Å². The average molecular weight is 356 g/mol. The molecule has 0 aromatic heterocycles. The fourth-order valence-corrected chi connectivity index (χ4v) is 3.43. The van der Waals surface area contributed by atoms with E-state index in [-0.39, 0.29) is 11.9 Å². The molecule has 1 heterocycles. The Hall–Kier alpha value is -2.08. The van der Waals surface area contributed by atoms with E-state index in [0.717, 1.165) is 51.2 Å². The third-order valence-corrected chi connectivity index (χ3v) is 5.45. The van der Waals surface area contributed by atoms with Crippen LogP contribution < -0.4 is 16.0 Å². The number of anilines is 1. The molecule has 4 rings (SSSR count). The molecule has 2 aliphatic carbocycles. The average Bonchev–Trinajstić information content (AvgIpc) is 3.56. The number of hydrogen-bond acceptors (Lipinski definition) is 3. The van der Waals surface area contributed by atoms with E-state index in [1.807, 2.05) is 23.1 Å². The van der Waals surface area contributed by atoms with Gasteiger partial charge in [-0.3, -0.25) is 4.79 Å². The zero-order chi connectivity index (χ0) is 17.9. The minimum absolute atomic E-state index is 0.0527. The van der Waals surface area contributed by atoms with Crippen molar-refractivity contribution in [3.8, 4) is 0 Å². The van der Waals surface area contributed by atoms with E-state index >= 15 is 0 Å². The maximum atomic E-state index is 12.8. The molecule has 0 unspecified atom stereocenters. The predicted molar refractivity (Wildman–Crippen MR) is 101 cm³/mol. The number of nitrogens with one attached hydrogen (secondary N) is 3. The number of hydrogen-bond donors (Lipinski definition) is 3. The summed E-state index contributed by atoms with van der Waals surface area (Å²) in [6.07, 6.45) is 6.87. The van der Waals surface area contributed by atoms with Crippen molar-refractivity contribution < 1.29 is 9.59 Å². The van der Waals surface area contributed by atoms with Crippen LogP contribution in [0.5, 0.6) is 0 Å². The molecule has 3 amide bonds. The largest absolute Gasteiger partial charge is 0.339 e. The van der Waals surface area contributed by atoms with Gasteiger partial charge in [-0.05, 0) is 69.2 Å². The van der Waals surface area contributed by atoms with Crippen LogP contribution in [0.3, 0.4) is 0 Å². The normalized spacial score (nSPS) is 20.7. The molecule has 1 aromatic rings. The highest BCUT2D eigenvalue weighted by Gasteiger charge is 2.27. The molecular formula is C20H28N4O2. The second-order valence-corrected chi connectivity index (χ2v) is 7.87. The molecule has 140 valence electrons. The highest BCUT2D eigenvalue weighted by molar-refractivity contribution is 5.97. The molecule has 2 saturated carbocycles. The van der Waals surface area contributed by atoms with Crippen LogP contribution in [0.15, 0.2) is 24.3 Å². The molecule has 0 radical (unpaired) electrons. The van der Waals surface area contributed by atoms with Crippen LogP contribution in [0.4, 0.5) is 10.5 Å². The van der Waals surface area contributed by atoms with E-state index in [4.69, 9.17) is 0 Å². The minimum Gasteiger partial charge on any atom is -0.339 e. The molecule has 1 aromatic carbocycles. The Kier molecular flexibility index (Phi) is 5.11. The van der Waals surface area contributed by atoms with Crippen LogP contribution in [0.25, 0.3) is 0 Å². The van der Waals surface area contributed by atoms with Gasteiger partial charge in [0.05, 0.1) is 0 Å². The molecule has 0 spiro atoms. The van der Waals surface area contributed by atoms with Gasteiger partial charge in [0.1, 0.15) is 0 Å². The van der Waals surface area contributed by atoms with Crippen molar-refractivity contribution >= 4 is 17.6 Å². The standard InChI is InChI=1S/C20H28N4O2/c25-19(24-10-8-16(9-11-24)21-13-14-4-5-14)15-2-1-3-18(12-15)23-20(26)22-17-6-7-17/h1-3,12,14,16-17,21H,4-11,13H2,(H2,22,23,26). The highest BCUT2D eigenvalue weighted by atomic mass is 16.2. The van der Waals surface area contributed by atoms with Crippen molar-refractivity contribution in [3.63, 3.8) is 0 Å². The van der Waals surface area contributed by atoms with Gasteiger partial charge in [0.15, 0.2) is 0 Å². The Labute approximate surface area is 154 Å². The predicted octanol–water partition coefficient (Wildman–Crippen LogP) is 2.57. The maximum absolute atomic E-state index is 12.8. The number of carbonyl (C=O) groups is 2. The van der Waals surface area contributed by atoms with E-state index in [0.29, 0.717) is 23.3 Å². The Bertz CT molecular complexity index is 662. The second kappa shape index (κ2) is 7.66. The SMILES string of the molecule is O=C(Nc1cccc(C(=O)N2CCC(NCC3CC3)CC2)c1)NC1CC1. The number of urea groups is 1. The van der Waals surface area contributed by atoms with E-state index in [1.54, 1.807) is 6.07 Å². The molecule has 1 aliphatic heterocycles. The van der Waals surface area contributed by atoms with Gasteiger partial charge in [-0.15, -0.1) is 0 Å². The van der Waals surface area contributed by atoms with Crippen LogP contribution in [0.1, 0.15) is 48.9 Å². The lowest BCUT2D eigenvalue weighted by Gasteiger charge is -2.32. The van der Waals surface area contributed by atoms with Gasteiger partial charge in [-0.25, -0.2) is 4.79 Å². The summed E-state index contributed by atoms with van der Waals surface area (Å²) >= 11 is 0. The molecule has 3 fully saturated rings. The molecule has 0 atom stereocenters. The number of amides is 3. The zero-order valence-corrected chi connectivity index (χ0v) is 15.2. The van der Waals surface area contributed by atoms with Crippen LogP contribution >= 0.6 is 0 Å². The first-order valence-corrected chi connectivity index (χ1v) is 9.87. The van der Waals surface area contributed by atoms with Crippen molar-refractivity contribution in [2.24, 2.45) is 5.92 Å². The summed E-state index contributed by atoms with van der Waals surface area (Å²) in [5, 5.41) is 9.35. The molecule has 6 nitrogen and oxygen atoms in total. The molecule has 0 bridgehead atoms. The molecule has 1 saturated heterocycles.